The summed E-state index contributed by atoms with van der Waals surface area (Å²) < 4.78 is 6.14. The summed E-state index contributed by atoms with van der Waals surface area (Å²) in [5.41, 5.74) is 3.09. The van der Waals surface area contributed by atoms with E-state index in [1.807, 2.05) is 31.2 Å². The number of aromatic nitrogens is 3. The lowest BCUT2D eigenvalue weighted by atomic mass is 10.1. The van der Waals surface area contributed by atoms with E-state index in [4.69, 9.17) is 9.78 Å². The van der Waals surface area contributed by atoms with Crippen molar-refractivity contribution in [2.45, 2.75) is 6.92 Å². The van der Waals surface area contributed by atoms with Crippen molar-refractivity contribution in [3.63, 3.8) is 0 Å². The number of nitrogens with one attached hydrogen (secondary N) is 1. The molecule has 0 bridgehead atoms. The molecule has 6 heteroatoms. The van der Waals surface area contributed by atoms with Crippen molar-refractivity contribution in [2.75, 3.05) is 0 Å². The van der Waals surface area contributed by atoms with Crippen LogP contribution in [0.15, 0.2) is 39.3 Å². The van der Waals surface area contributed by atoms with E-state index in [1.165, 1.54) is 0 Å². The predicted molar refractivity (Wildman–Crippen MR) is 76.7 cm³/mol. The van der Waals surface area contributed by atoms with E-state index >= 15 is 0 Å². The minimum absolute atomic E-state index is 0.356. The first-order chi connectivity index (χ1) is 9.67. The summed E-state index contributed by atoms with van der Waals surface area (Å²) in [6.07, 6.45) is 0. The molecule has 0 fully saturated rings. The molecule has 3 aromatic rings. The third kappa shape index (κ3) is 2.24. The highest BCUT2D eigenvalue weighted by atomic mass is 79.9. The van der Waals surface area contributed by atoms with Crippen molar-refractivity contribution in [3.05, 3.63) is 46.1 Å². The monoisotopic (exact) mass is 328 g/mol. The molecule has 5 nitrogen and oxygen atoms in total. The van der Waals surface area contributed by atoms with Crippen LogP contribution in [0.3, 0.4) is 0 Å². The Kier molecular flexibility index (Phi) is 3.12. The number of aryl methyl sites for hydroxylation is 1. The lowest BCUT2D eigenvalue weighted by Crippen LogP contribution is -1.84. The van der Waals surface area contributed by atoms with Gasteiger partial charge in [0.15, 0.2) is 0 Å². The average molecular weight is 329 g/mol. The van der Waals surface area contributed by atoms with Gasteiger partial charge in [-0.1, -0.05) is 27.2 Å². The van der Waals surface area contributed by atoms with Crippen molar-refractivity contribution in [3.8, 4) is 29.0 Å². The summed E-state index contributed by atoms with van der Waals surface area (Å²) in [5, 5.41) is 12.8. The van der Waals surface area contributed by atoms with Crippen LogP contribution in [0.5, 0.6) is 0 Å². The molecule has 0 atom stereocenters. The first-order valence-electron chi connectivity index (χ1n) is 5.87. The van der Waals surface area contributed by atoms with E-state index in [0.717, 1.165) is 15.6 Å². The van der Waals surface area contributed by atoms with Crippen LogP contribution in [-0.2, 0) is 0 Å². The van der Waals surface area contributed by atoms with E-state index in [-0.39, 0.29) is 0 Å². The van der Waals surface area contributed by atoms with Gasteiger partial charge in [-0.05, 0) is 36.8 Å². The topological polar surface area (TPSA) is 78.5 Å². The van der Waals surface area contributed by atoms with Crippen LogP contribution < -0.4 is 0 Å². The second-order valence-corrected chi connectivity index (χ2v) is 5.16. The molecule has 0 unspecified atom stereocenters. The van der Waals surface area contributed by atoms with Crippen molar-refractivity contribution in [1.29, 1.82) is 5.26 Å². The third-order valence-electron chi connectivity index (χ3n) is 2.83. The maximum Gasteiger partial charge on any atom is 0.274 e. The molecule has 98 valence electrons. The highest BCUT2D eigenvalue weighted by molar-refractivity contribution is 9.10. The second kappa shape index (κ2) is 4.94. The first-order valence-corrected chi connectivity index (χ1v) is 6.66. The van der Waals surface area contributed by atoms with Crippen LogP contribution in [0, 0.1) is 18.3 Å². The summed E-state index contributed by atoms with van der Waals surface area (Å²) in [5.74, 6) is 0.856. The van der Waals surface area contributed by atoms with Gasteiger partial charge in [-0.3, -0.25) is 0 Å². The lowest BCUT2D eigenvalue weighted by molar-refractivity contribution is 0.431. The van der Waals surface area contributed by atoms with E-state index in [0.29, 0.717) is 23.1 Å². The summed E-state index contributed by atoms with van der Waals surface area (Å²) in [6.45, 7) is 2.01. The molecule has 1 N–H and O–H groups in total. The smallest absolute Gasteiger partial charge is 0.274 e. The molecule has 2 heterocycles. The maximum atomic E-state index is 8.79. The van der Waals surface area contributed by atoms with Crippen LogP contribution in [0.2, 0.25) is 0 Å². The Balaban J connectivity index is 2.00. The molecule has 3 rings (SSSR count). The number of aromatic amines is 1. The van der Waals surface area contributed by atoms with Gasteiger partial charge < -0.3 is 9.51 Å². The number of hydrogen-bond donors (Lipinski definition) is 1. The molecule has 0 radical (unpaired) electrons. The molecule has 0 aliphatic carbocycles. The van der Waals surface area contributed by atoms with Crippen molar-refractivity contribution < 1.29 is 4.52 Å². The van der Waals surface area contributed by atoms with Gasteiger partial charge in [0.05, 0.1) is 0 Å². The number of nitrogens with zero attached hydrogens (tertiary/aromatic N) is 3. The Bertz CT molecular complexity index is 813. The molecular weight excluding hydrogens is 320 g/mol. The third-order valence-corrected chi connectivity index (χ3v) is 3.48. The zero-order valence-electron chi connectivity index (χ0n) is 10.5. The molecule has 0 amide bonds. The van der Waals surface area contributed by atoms with Gasteiger partial charge in [0.25, 0.3) is 5.89 Å². The quantitative estimate of drug-likeness (QED) is 0.778. The number of hydrogen-bond acceptors (Lipinski definition) is 4. The van der Waals surface area contributed by atoms with Crippen molar-refractivity contribution in [1.82, 2.24) is 15.1 Å². The molecule has 0 spiro atoms. The lowest BCUT2D eigenvalue weighted by Gasteiger charge is -1.99. The van der Waals surface area contributed by atoms with Gasteiger partial charge in [0, 0.05) is 10.0 Å². The highest BCUT2D eigenvalue weighted by Gasteiger charge is 2.14. The molecule has 0 saturated carbocycles. The average Bonchev–Trinajstić information content (AvgIpc) is 3.07. The molecule has 20 heavy (non-hydrogen) atoms. The van der Waals surface area contributed by atoms with Crippen LogP contribution in [0.25, 0.3) is 23.0 Å². The minimum Gasteiger partial charge on any atom is -0.342 e. The van der Waals surface area contributed by atoms with Crippen LogP contribution in [-0.4, -0.2) is 15.1 Å². The van der Waals surface area contributed by atoms with E-state index in [1.54, 1.807) is 12.1 Å². The highest BCUT2D eigenvalue weighted by Crippen LogP contribution is 2.28. The van der Waals surface area contributed by atoms with Gasteiger partial charge in [0.1, 0.15) is 17.5 Å². The van der Waals surface area contributed by atoms with E-state index in [9.17, 15) is 0 Å². The second-order valence-electron chi connectivity index (χ2n) is 4.30. The largest absolute Gasteiger partial charge is 0.342 e. The van der Waals surface area contributed by atoms with Crippen LogP contribution in [0.1, 0.15) is 11.3 Å². The molecular formula is C14H9BrN4O. The normalized spacial score (nSPS) is 10.4. The minimum atomic E-state index is 0.356. The summed E-state index contributed by atoms with van der Waals surface area (Å²) >= 11 is 3.49. The summed E-state index contributed by atoms with van der Waals surface area (Å²) in [7, 11) is 0. The van der Waals surface area contributed by atoms with Crippen LogP contribution >= 0.6 is 15.9 Å². The standard InChI is InChI=1S/C14H9BrN4O/c1-8-2-4-10(11(15)6-8)13-18-14(20-19-13)12-5-3-9(7-16)17-12/h2-6,17H,1H3. The molecule has 1 aromatic carbocycles. The SMILES string of the molecule is Cc1ccc(-c2noc(-c3ccc(C#N)[nH]3)n2)c(Br)c1. The predicted octanol–water partition coefficient (Wildman–Crippen LogP) is 3.67. The fourth-order valence-corrected chi connectivity index (χ4v) is 2.50. The zero-order valence-corrected chi connectivity index (χ0v) is 12.1. The summed E-state index contributed by atoms with van der Waals surface area (Å²) in [4.78, 5) is 7.24. The summed E-state index contributed by atoms with van der Waals surface area (Å²) in [6, 6.07) is 11.3. The van der Waals surface area contributed by atoms with Gasteiger partial charge in [-0.2, -0.15) is 10.2 Å². The Hall–Kier alpha value is -2.39. The van der Waals surface area contributed by atoms with Crippen LogP contribution in [0.4, 0.5) is 0 Å². The number of H-pyrrole nitrogens is 1. The molecule has 2 aromatic heterocycles. The van der Waals surface area contributed by atoms with Crippen molar-refractivity contribution in [2.24, 2.45) is 0 Å². The van der Waals surface area contributed by atoms with Gasteiger partial charge in [-0.15, -0.1) is 0 Å². The number of halogens is 1. The van der Waals surface area contributed by atoms with Gasteiger partial charge in [0.2, 0.25) is 5.82 Å². The number of rotatable bonds is 2. The van der Waals surface area contributed by atoms with Gasteiger partial charge >= 0.3 is 0 Å². The fraction of sp³-hybridized carbons (Fsp3) is 0.0714. The molecule has 0 saturated heterocycles. The fourth-order valence-electron chi connectivity index (χ4n) is 1.83. The molecule has 0 aliphatic rings. The van der Waals surface area contributed by atoms with E-state index in [2.05, 4.69) is 31.1 Å². The Morgan fingerprint density at radius 2 is 2.15 bits per heavy atom. The number of benzene rings is 1. The maximum absolute atomic E-state index is 8.79. The first kappa shape index (κ1) is 12.6. The van der Waals surface area contributed by atoms with E-state index < -0.39 is 0 Å². The Labute approximate surface area is 123 Å². The zero-order chi connectivity index (χ0) is 14.1. The molecule has 0 aliphatic heterocycles. The Morgan fingerprint density at radius 3 is 2.85 bits per heavy atom. The number of nitriles is 1. The van der Waals surface area contributed by atoms with Crippen molar-refractivity contribution >= 4 is 15.9 Å². The van der Waals surface area contributed by atoms with Gasteiger partial charge in [-0.25, -0.2) is 0 Å². The Morgan fingerprint density at radius 1 is 1.30 bits per heavy atom.